The summed E-state index contributed by atoms with van der Waals surface area (Å²) in [6.45, 7) is 6.78. The van der Waals surface area contributed by atoms with E-state index in [-0.39, 0.29) is 18.8 Å². The third-order valence-electron chi connectivity index (χ3n) is 5.44. The lowest BCUT2D eigenvalue weighted by Crippen LogP contribution is -2.59. The fourth-order valence-corrected chi connectivity index (χ4v) is 3.21. The Bertz CT molecular complexity index is 889. The molecule has 0 aliphatic carbocycles. The number of amides is 3. The highest BCUT2D eigenvalue weighted by atomic mass is 16.4. The Labute approximate surface area is 204 Å². The second-order valence-corrected chi connectivity index (χ2v) is 9.08. The minimum atomic E-state index is -1.24. The summed E-state index contributed by atoms with van der Waals surface area (Å²) in [5, 5.41) is 26.0. The van der Waals surface area contributed by atoms with E-state index in [0.717, 1.165) is 0 Å². The van der Waals surface area contributed by atoms with Crippen LogP contribution >= 0.6 is 0 Å². The summed E-state index contributed by atoms with van der Waals surface area (Å²) in [4.78, 5) is 61.1. The molecule has 0 bridgehead atoms. The van der Waals surface area contributed by atoms with Crippen molar-refractivity contribution in [1.82, 2.24) is 16.0 Å². The maximum Gasteiger partial charge on any atom is 0.326 e. The lowest BCUT2D eigenvalue weighted by molar-refractivity contribution is -0.142. The molecule has 0 aromatic heterocycles. The van der Waals surface area contributed by atoms with Crippen molar-refractivity contribution in [3.05, 3.63) is 35.9 Å². The summed E-state index contributed by atoms with van der Waals surface area (Å²) in [7, 11) is 0. The van der Waals surface area contributed by atoms with E-state index in [1.165, 1.54) is 0 Å². The number of aliphatic carboxylic acids is 2. The van der Waals surface area contributed by atoms with E-state index in [1.807, 2.05) is 0 Å². The summed E-state index contributed by atoms with van der Waals surface area (Å²) in [6.07, 6.45) is -0.563. The molecule has 194 valence electrons. The van der Waals surface area contributed by atoms with Crippen LogP contribution in [0.15, 0.2) is 30.3 Å². The van der Waals surface area contributed by atoms with Crippen LogP contribution < -0.4 is 21.7 Å². The van der Waals surface area contributed by atoms with Gasteiger partial charge in [0.1, 0.15) is 18.1 Å². The SMILES string of the molecule is CC(C)C(N)C(=O)NC(CCC(=O)O)C(=O)NC(C(=O)NC(Cc1ccccc1)C(=O)O)C(C)C. The molecule has 0 heterocycles. The summed E-state index contributed by atoms with van der Waals surface area (Å²) >= 11 is 0. The van der Waals surface area contributed by atoms with Crippen LogP contribution in [0.1, 0.15) is 46.1 Å². The highest BCUT2D eigenvalue weighted by Gasteiger charge is 2.32. The smallest absolute Gasteiger partial charge is 0.326 e. The van der Waals surface area contributed by atoms with Gasteiger partial charge in [-0.3, -0.25) is 19.2 Å². The largest absolute Gasteiger partial charge is 0.481 e. The van der Waals surface area contributed by atoms with Gasteiger partial charge in [0, 0.05) is 12.8 Å². The molecule has 1 aromatic carbocycles. The second-order valence-electron chi connectivity index (χ2n) is 9.08. The van der Waals surface area contributed by atoms with Crippen molar-refractivity contribution in [2.45, 2.75) is 71.1 Å². The third kappa shape index (κ3) is 10.1. The quantitative estimate of drug-likeness (QED) is 0.213. The first-order valence-corrected chi connectivity index (χ1v) is 11.5. The van der Waals surface area contributed by atoms with Crippen molar-refractivity contribution >= 4 is 29.7 Å². The van der Waals surface area contributed by atoms with Gasteiger partial charge < -0.3 is 31.9 Å². The van der Waals surface area contributed by atoms with E-state index < -0.39 is 66.2 Å². The molecule has 4 unspecified atom stereocenters. The van der Waals surface area contributed by atoms with Crippen LogP contribution in [0.2, 0.25) is 0 Å². The average molecular weight is 493 g/mol. The first kappa shape index (κ1) is 29.6. The van der Waals surface area contributed by atoms with Crippen LogP contribution in [0.5, 0.6) is 0 Å². The number of carbonyl (C=O) groups is 5. The number of carboxylic acids is 2. The predicted molar refractivity (Wildman–Crippen MR) is 128 cm³/mol. The molecule has 0 saturated carbocycles. The van der Waals surface area contributed by atoms with Crippen LogP contribution in [-0.2, 0) is 30.4 Å². The van der Waals surface area contributed by atoms with E-state index in [1.54, 1.807) is 58.0 Å². The molecule has 0 spiro atoms. The standard InChI is InChI=1S/C24H36N4O7/c1-13(2)19(25)22(32)26-16(10-11-18(29)30)21(31)28-20(14(3)4)23(33)27-17(24(34)35)12-15-8-6-5-7-9-15/h5-9,13-14,16-17,19-20H,10-12,25H2,1-4H3,(H,26,32)(H,27,33)(H,28,31)(H,29,30)(H,34,35). The topological polar surface area (TPSA) is 188 Å². The van der Waals surface area contributed by atoms with Gasteiger partial charge in [0.05, 0.1) is 6.04 Å². The molecule has 0 aliphatic heterocycles. The number of benzene rings is 1. The molecule has 0 saturated heterocycles. The molecule has 0 aliphatic rings. The fraction of sp³-hybridized carbons (Fsp3) is 0.542. The minimum Gasteiger partial charge on any atom is -0.481 e. The molecule has 0 radical (unpaired) electrons. The Morgan fingerprint density at radius 1 is 0.800 bits per heavy atom. The monoisotopic (exact) mass is 492 g/mol. The first-order valence-electron chi connectivity index (χ1n) is 11.5. The number of hydrogen-bond acceptors (Lipinski definition) is 6. The van der Waals surface area contributed by atoms with E-state index in [9.17, 15) is 29.1 Å². The molecule has 7 N–H and O–H groups in total. The summed E-state index contributed by atoms with van der Waals surface area (Å²) in [6, 6.07) is 4.27. The zero-order valence-corrected chi connectivity index (χ0v) is 20.5. The second kappa shape index (κ2) is 14.1. The molecule has 1 aromatic rings. The number of hydrogen-bond donors (Lipinski definition) is 6. The van der Waals surface area contributed by atoms with Gasteiger partial charge in [-0.25, -0.2) is 4.79 Å². The van der Waals surface area contributed by atoms with Crippen molar-refractivity contribution in [3.63, 3.8) is 0 Å². The number of nitrogens with two attached hydrogens (primary N) is 1. The Hall–Kier alpha value is -3.47. The average Bonchev–Trinajstić information content (AvgIpc) is 2.78. The summed E-state index contributed by atoms with van der Waals surface area (Å²) in [5.74, 6) is -5.13. The zero-order chi connectivity index (χ0) is 26.7. The zero-order valence-electron chi connectivity index (χ0n) is 20.5. The van der Waals surface area contributed by atoms with Gasteiger partial charge in [-0.15, -0.1) is 0 Å². The number of rotatable bonds is 14. The fourth-order valence-electron chi connectivity index (χ4n) is 3.21. The number of carboxylic acid groups (broad SMARTS) is 2. The lowest BCUT2D eigenvalue weighted by atomic mass is 10.00. The Morgan fingerprint density at radius 3 is 1.86 bits per heavy atom. The molecule has 11 nitrogen and oxygen atoms in total. The van der Waals surface area contributed by atoms with Gasteiger partial charge in [-0.2, -0.15) is 0 Å². The summed E-state index contributed by atoms with van der Waals surface area (Å²) in [5.41, 5.74) is 6.54. The summed E-state index contributed by atoms with van der Waals surface area (Å²) < 4.78 is 0. The van der Waals surface area contributed by atoms with Gasteiger partial charge in [-0.05, 0) is 23.8 Å². The van der Waals surface area contributed by atoms with E-state index in [4.69, 9.17) is 10.8 Å². The molecule has 11 heteroatoms. The maximum absolute atomic E-state index is 13.0. The molecular weight excluding hydrogens is 456 g/mol. The minimum absolute atomic E-state index is 0.0467. The number of nitrogens with one attached hydrogen (secondary N) is 3. The van der Waals surface area contributed by atoms with Crippen LogP contribution in [0.4, 0.5) is 0 Å². The van der Waals surface area contributed by atoms with Crippen molar-refractivity contribution in [2.24, 2.45) is 17.6 Å². The molecular formula is C24H36N4O7. The van der Waals surface area contributed by atoms with Crippen LogP contribution in [0, 0.1) is 11.8 Å². The van der Waals surface area contributed by atoms with Crippen molar-refractivity contribution < 1.29 is 34.2 Å². The van der Waals surface area contributed by atoms with E-state index in [0.29, 0.717) is 5.56 Å². The third-order valence-corrected chi connectivity index (χ3v) is 5.44. The van der Waals surface area contributed by atoms with Gasteiger partial charge in [0.2, 0.25) is 17.7 Å². The van der Waals surface area contributed by atoms with Crippen LogP contribution in [0.3, 0.4) is 0 Å². The van der Waals surface area contributed by atoms with Gasteiger partial charge in [-0.1, -0.05) is 58.0 Å². The van der Waals surface area contributed by atoms with Gasteiger partial charge >= 0.3 is 11.9 Å². The number of carbonyl (C=O) groups excluding carboxylic acids is 3. The molecule has 35 heavy (non-hydrogen) atoms. The maximum atomic E-state index is 13.0. The molecule has 4 atom stereocenters. The predicted octanol–water partition coefficient (Wildman–Crippen LogP) is 0.272. The normalized spacial score (nSPS) is 14.5. The Balaban J connectivity index is 2.99. The Kier molecular flexibility index (Phi) is 11.9. The Morgan fingerprint density at radius 2 is 1.37 bits per heavy atom. The van der Waals surface area contributed by atoms with Crippen molar-refractivity contribution in [3.8, 4) is 0 Å². The first-order chi connectivity index (χ1) is 16.3. The highest BCUT2D eigenvalue weighted by Crippen LogP contribution is 2.09. The molecule has 3 amide bonds. The lowest BCUT2D eigenvalue weighted by Gasteiger charge is -2.27. The van der Waals surface area contributed by atoms with Crippen molar-refractivity contribution in [1.29, 1.82) is 0 Å². The van der Waals surface area contributed by atoms with Gasteiger partial charge in [0.15, 0.2) is 0 Å². The van der Waals surface area contributed by atoms with Crippen LogP contribution in [-0.4, -0.2) is 64.0 Å². The van der Waals surface area contributed by atoms with Gasteiger partial charge in [0.25, 0.3) is 0 Å². The molecule has 0 fully saturated rings. The van der Waals surface area contributed by atoms with E-state index >= 15 is 0 Å². The van der Waals surface area contributed by atoms with Crippen molar-refractivity contribution in [2.75, 3.05) is 0 Å². The molecule has 1 rings (SSSR count). The van der Waals surface area contributed by atoms with E-state index in [2.05, 4.69) is 16.0 Å². The van der Waals surface area contributed by atoms with Crippen LogP contribution in [0.25, 0.3) is 0 Å². The highest BCUT2D eigenvalue weighted by molar-refractivity contribution is 5.94.